The minimum Gasteiger partial charge on any atom is -0.378 e. The van der Waals surface area contributed by atoms with Crippen molar-refractivity contribution in [2.45, 2.75) is 13.0 Å². The Bertz CT molecular complexity index is 1350. The lowest BCUT2D eigenvalue weighted by molar-refractivity contribution is 0.0950. The fraction of sp³-hybridized carbons (Fsp3) is 0.200. The smallest absolute Gasteiger partial charge is 0.252 e. The normalized spacial score (nSPS) is 14.5. The van der Waals surface area contributed by atoms with Gasteiger partial charge in [0.15, 0.2) is 0 Å². The van der Waals surface area contributed by atoms with Crippen molar-refractivity contribution in [3.8, 4) is 17.3 Å². The number of nitrogens with zero attached hydrogens (tertiary/aromatic N) is 4. The second-order valence-corrected chi connectivity index (χ2v) is 8.55. The number of ether oxygens (including phenoxy) is 1. The van der Waals surface area contributed by atoms with Crippen molar-refractivity contribution in [2.24, 2.45) is 0 Å². The van der Waals surface area contributed by atoms with Crippen LogP contribution >= 0.6 is 0 Å². The van der Waals surface area contributed by atoms with E-state index in [1.807, 2.05) is 43.3 Å². The summed E-state index contributed by atoms with van der Waals surface area (Å²) in [4.78, 5) is 24.0. The minimum absolute atomic E-state index is 0.345. The highest BCUT2D eigenvalue weighted by Crippen LogP contribution is 2.23. The van der Waals surface area contributed by atoms with Crippen LogP contribution in [0.3, 0.4) is 0 Å². The lowest BCUT2D eigenvalue weighted by Gasteiger charge is -2.28. The molecule has 1 saturated heterocycles. The topological polar surface area (TPSA) is 103 Å². The van der Waals surface area contributed by atoms with Crippen LogP contribution in [0.2, 0.25) is 0 Å². The molecule has 1 aliphatic rings. The quantitative estimate of drug-likeness (QED) is 0.392. The van der Waals surface area contributed by atoms with E-state index in [1.54, 1.807) is 36.6 Å². The first-order valence-electron chi connectivity index (χ1n) is 12.4. The van der Waals surface area contributed by atoms with Crippen molar-refractivity contribution in [1.82, 2.24) is 15.3 Å². The van der Waals surface area contributed by atoms with Gasteiger partial charge in [-0.1, -0.05) is 43.0 Å². The van der Waals surface area contributed by atoms with E-state index in [0.717, 1.165) is 48.9 Å². The van der Waals surface area contributed by atoms with E-state index in [2.05, 4.69) is 50.3 Å². The van der Waals surface area contributed by atoms with Crippen LogP contribution in [0.4, 0.5) is 17.3 Å². The SMILES string of the molecule is C=C/C(=C\C=C/C)C(C#N)NC(=O)c1ccc(-c2ccnc(Nc3ccc(N4CCOCC4)cc3)n2)cc1. The highest BCUT2D eigenvalue weighted by atomic mass is 16.5. The number of carbonyl (C=O) groups excluding carboxylic acids is 1. The number of amides is 1. The summed E-state index contributed by atoms with van der Waals surface area (Å²) >= 11 is 0. The van der Waals surface area contributed by atoms with Crippen molar-refractivity contribution in [1.29, 1.82) is 5.26 Å². The summed E-state index contributed by atoms with van der Waals surface area (Å²) in [7, 11) is 0. The Morgan fingerprint density at radius 3 is 2.53 bits per heavy atom. The number of hydrogen-bond acceptors (Lipinski definition) is 7. The van der Waals surface area contributed by atoms with Crippen LogP contribution in [0.1, 0.15) is 17.3 Å². The molecule has 1 aromatic heterocycles. The Morgan fingerprint density at radius 1 is 1.13 bits per heavy atom. The molecule has 1 unspecified atom stereocenters. The third-order valence-corrected chi connectivity index (χ3v) is 6.05. The number of nitrogens with one attached hydrogen (secondary N) is 2. The van der Waals surface area contributed by atoms with Gasteiger partial charge < -0.3 is 20.3 Å². The van der Waals surface area contributed by atoms with Crippen LogP contribution in [-0.4, -0.2) is 48.2 Å². The summed E-state index contributed by atoms with van der Waals surface area (Å²) in [5.74, 6) is 0.132. The molecule has 0 spiro atoms. The molecular weight excluding hydrogens is 476 g/mol. The monoisotopic (exact) mass is 506 g/mol. The Balaban J connectivity index is 1.42. The molecule has 0 saturated carbocycles. The molecule has 4 rings (SSSR count). The lowest BCUT2D eigenvalue weighted by atomic mass is 10.1. The van der Waals surface area contributed by atoms with E-state index in [-0.39, 0.29) is 5.91 Å². The first-order chi connectivity index (χ1) is 18.6. The van der Waals surface area contributed by atoms with E-state index in [0.29, 0.717) is 17.1 Å². The fourth-order valence-corrected chi connectivity index (χ4v) is 3.97. The summed E-state index contributed by atoms with van der Waals surface area (Å²) in [6.07, 6.45) is 8.65. The van der Waals surface area contributed by atoms with Crippen LogP contribution in [0.5, 0.6) is 0 Å². The summed E-state index contributed by atoms with van der Waals surface area (Å²) in [6.45, 7) is 8.88. The molecule has 2 heterocycles. The molecule has 1 atom stereocenters. The van der Waals surface area contributed by atoms with Gasteiger partial charge in [-0.25, -0.2) is 9.97 Å². The van der Waals surface area contributed by atoms with Gasteiger partial charge in [0.25, 0.3) is 5.91 Å². The second kappa shape index (κ2) is 13.0. The van der Waals surface area contributed by atoms with Crippen LogP contribution < -0.4 is 15.5 Å². The van der Waals surface area contributed by atoms with Crippen molar-refractivity contribution < 1.29 is 9.53 Å². The number of carbonyl (C=O) groups is 1. The number of hydrogen-bond donors (Lipinski definition) is 2. The van der Waals surface area contributed by atoms with Gasteiger partial charge in [-0.15, -0.1) is 0 Å². The Hall–Kier alpha value is -4.74. The average molecular weight is 507 g/mol. The fourth-order valence-electron chi connectivity index (χ4n) is 3.97. The first kappa shape index (κ1) is 26.3. The largest absolute Gasteiger partial charge is 0.378 e. The average Bonchev–Trinajstić information content (AvgIpc) is 2.98. The summed E-state index contributed by atoms with van der Waals surface area (Å²) in [5.41, 5.74) is 4.67. The molecule has 2 N–H and O–H groups in total. The molecule has 0 bridgehead atoms. The third kappa shape index (κ3) is 6.72. The van der Waals surface area contributed by atoms with Gasteiger partial charge in [0.05, 0.1) is 25.0 Å². The van der Waals surface area contributed by atoms with Crippen LogP contribution in [0.15, 0.2) is 97.3 Å². The maximum Gasteiger partial charge on any atom is 0.252 e. The van der Waals surface area contributed by atoms with Crippen LogP contribution in [0.25, 0.3) is 11.3 Å². The number of anilines is 3. The van der Waals surface area contributed by atoms with Crippen molar-refractivity contribution in [3.05, 3.63) is 103 Å². The standard InChI is InChI=1S/C30H30N6O2/c1-3-5-6-22(4-2)28(21-31)34-29(37)24-9-7-23(8-10-24)27-15-16-32-30(35-27)33-25-11-13-26(14-12-25)36-17-19-38-20-18-36/h3-16,28H,2,17-20H2,1H3,(H,34,37)(H,32,33,35)/b5-3-,22-6+. The number of benzene rings is 2. The van der Waals surface area contributed by atoms with Crippen molar-refractivity contribution in [3.63, 3.8) is 0 Å². The van der Waals surface area contributed by atoms with E-state index >= 15 is 0 Å². The lowest BCUT2D eigenvalue weighted by Crippen LogP contribution is -2.36. The number of allylic oxidation sites excluding steroid dienone is 3. The summed E-state index contributed by atoms with van der Waals surface area (Å²) in [6, 6.07) is 18.4. The van der Waals surface area contributed by atoms with Gasteiger partial charge >= 0.3 is 0 Å². The van der Waals surface area contributed by atoms with E-state index in [1.165, 1.54) is 0 Å². The molecule has 8 heteroatoms. The number of rotatable bonds is 9. The molecule has 0 radical (unpaired) electrons. The molecule has 8 nitrogen and oxygen atoms in total. The summed E-state index contributed by atoms with van der Waals surface area (Å²) < 4.78 is 5.42. The molecule has 3 aromatic rings. The zero-order valence-corrected chi connectivity index (χ0v) is 21.3. The predicted molar refractivity (Wildman–Crippen MR) is 150 cm³/mol. The summed E-state index contributed by atoms with van der Waals surface area (Å²) in [5, 5.41) is 15.5. The number of morpholine rings is 1. The first-order valence-corrected chi connectivity index (χ1v) is 12.4. The highest BCUT2D eigenvalue weighted by molar-refractivity contribution is 5.95. The molecule has 192 valence electrons. The molecule has 1 fully saturated rings. The minimum atomic E-state index is -0.797. The van der Waals surface area contributed by atoms with Gasteiger partial charge in [0.1, 0.15) is 6.04 Å². The molecule has 38 heavy (non-hydrogen) atoms. The number of nitriles is 1. The van der Waals surface area contributed by atoms with Gasteiger partial charge in [0, 0.05) is 41.8 Å². The molecule has 1 aliphatic heterocycles. The molecule has 2 aromatic carbocycles. The highest BCUT2D eigenvalue weighted by Gasteiger charge is 2.16. The van der Waals surface area contributed by atoms with E-state index in [4.69, 9.17) is 4.74 Å². The third-order valence-electron chi connectivity index (χ3n) is 6.05. The number of aromatic nitrogens is 2. The van der Waals surface area contributed by atoms with Gasteiger partial charge in [-0.3, -0.25) is 4.79 Å². The Labute approximate surface area is 223 Å². The van der Waals surface area contributed by atoms with Gasteiger partial charge in [-0.2, -0.15) is 5.26 Å². The van der Waals surface area contributed by atoms with Crippen LogP contribution in [0, 0.1) is 11.3 Å². The van der Waals surface area contributed by atoms with E-state index < -0.39 is 6.04 Å². The molecular formula is C30H30N6O2. The van der Waals surface area contributed by atoms with E-state index in [9.17, 15) is 10.1 Å². The van der Waals surface area contributed by atoms with Gasteiger partial charge in [-0.05, 0) is 55.0 Å². The molecule has 1 amide bonds. The zero-order chi connectivity index (χ0) is 26.7. The van der Waals surface area contributed by atoms with Crippen molar-refractivity contribution in [2.75, 3.05) is 36.5 Å². The predicted octanol–water partition coefficient (Wildman–Crippen LogP) is 5.03. The second-order valence-electron chi connectivity index (χ2n) is 8.55. The maximum atomic E-state index is 12.8. The maximum absolute atomic E-state index is 12.8. The van der Waals surface area contributed by atoms with Gasteiger partial charge in [0.2, 0.25) is 5.95 Å². The van der Waals surface area contributed by atoms with Crippen molar-refractivity contribution >= 4 is 23.2 Å². The van der Waals surface area contributed by atoms with Crippen LogP contribution in [-0.2, 0) is 4.74 Å². The Morgan fingerprint density at radius 2 is 1.87 bits per heavy atom. The Kier molecular flexibility index (Phi) is 9.00. The zero-order valence-electron chi connectivity index (χ0n) is 21.3. The molecule has 0 aliphatic carbocycles.